The summed E-state index contributed by atoms with van der Waals surface area (Å²) < 4.78 is 7.05. The summed E-state index contributed by atoms with van der Waals surface area (Å²) in [5.41, 5.74) is 1.51. The van der Waals surface area contributed by atoms with Crippen LogP contribution in [-0.2, 0) is 4.74 Å². The quantitative estimate of drug-likeness (QED) is 0.767. The van der Waals surface area contributed by atoms with Crippen LogP contribution in [0.4, 0.5) is 11.4 Å². The van der Waals surface area contributed by atoms with Crippen LogP contribution in [0.3, 0.4) is 0 Å². The van der Waals surface area contributed by atoms with E-state index in [0.717, 1.165) is 18.8 Å². The lowest BCUT2D eigenvalue weighted by Gasteiger charge is -2.29. The van der Waals surface area contributed by atoms with Gasteiger partial charge in [-0.05, 0) is 11.4 Å². The van der Waals surface area contributed by atoms with Crippen LogP contribution in [0.1, 0.15) is 9.67 Å². The van der Waals surface area contributed by atoms with Crippen LogP contribution < -0.4 is 10.2 Å². The van der Waals surface area contributed by atoms with E-state index >= 15 is 0 Å². The molecule has 0 aliphatic carbocycles. The zero-order chi connectivity index (χ0) is 17.1. The Balaban J connectivity index is 1.57. The Morgan fingerprint density at radius 2 is 2.16 bits per heavy atom. The molecule has 1 saturated heterocycles. The molecule has 1 aliphatic heterocycles. The largest absolute Gasteiger partial charge is 0.378 e. The molecule has 1 amide bonds. The SMILES string of the molecule is O=C(Nc1cnn(-c2ncncc2N2CCOCC2)c1)c1cccs1. The highest BCUT2D eigenvalue weighted by atomic mass is 32.1. The molecule has 1 fully saturated rings. The van der Waals surface area contributed by atoms with Gasteiger partial charge in [0.05, 0.1) is 42.4 Å². The normalized spacial score (nSPS) is 14.5. The van der Waals surface area contributed by atoms with Crippen LogP contribution in [0.5, 0.6) is 0 Å². The van der Waals surface area contributed by atoms with Gasteiger partial charge in [0.2, 0.25) is 0 Å². The van der Waals surface area contributed by atoms with E-state index in [2.05, 4.69) is 25.3 Å². The highest BCUT2D eigenvalue weighted by Gasteiger charge is 2.18. The van der Waals surface area contributed by atoms with Crippen LogP contribution in [0.15, 0.2) is 42.4 Å². The molecule has 4 heterocycles. The number of nitrogens with zero attached hydrogens (tertiary/aromatic N) is 5. The number of morpholine rings is 1. The molecule has 1 aliphatic rings. The molecule has 0 radical (unpaired) electrons. The van der Waals surface area contributed by atoms with Crippen LogP contribution in [0.2, 0.25) is 0 Å². The van der Waals surface area contributed by atoms with Gasteiger partial charge in [0.25, 0.3) is 5.91 Å². The highest BCUT2D eigenvalue weighted by Crippen LogP contribution is 2.23. The van der Waals surface area contributed by atoms with Gasteiger partial charge in [-0.3, -0.25) is 4.79 Å². The van der Waals surface area contributed by atoms with Crippen LogP contribution >= 0.6 is 11.3 Å². The predicted molar refractivity (Wildman–Crippen MR) is 94.5 cm³/mol. The lowest BCUT2D eigenvalue weighted by atomic mass is 10.3. The number of carbonyl (C=O) groups is 1. The summed E-state index contributed by atoms with van der Waals surface area (Å²) in [5.74, 6) is 0.527. The second-order valence-corrected chi connectivity index (χ2v) is 6.38. The fraction of sp³-hybridized carbons (Fsp3) is 0.250. The van der Waals surface area contributed by atoms with Crippen LogP contribution in [0, 0.1) is 0 Å². The van der Waals surface area contributed by atoms with Gasteiger partial charge < -0.3 is 15.0 Å². The third kappa shape index (κ3) is 3.37. The molecule has 3 aromatic rings. The Morgan fingerprint density at radius 1 is 1.28 bits per heavy atom. The fourth-order valence-electron chi connectivity index (χ4n) is 2.62. The van der Waals surface area contributed by atoms with Crippen LogP contribution in [-0.4, -0.2) is 52.0 Å². The maximum Gasteiger partial charge on any atom is 0.265 e. The molecule has 0 bridgehead atoms. The van der Waals surface area contributed by atoms with E-state index < -0.39 is 0 Å². The molecule has 8 nitrogen and oxygen atoms in total. The van der Waals surface area contributed by atoms with Crippen molar-refractivity contribution in [2.75, 3.05) is 36.5 Å². The first kappa shape index (κ1) is 15.7. The fourth-order valence-corrected chi connectivity index (χ4v) is 3.24. The number of rotatable bonds is 4. The highest BCUT2D eigenvalue weighted by molar-refractivity contribution is 7.12. The topological polar surface area (TPSA) is 85.2 Å². The van der Waals surface area contributed by atoms with Crippen molar-refractivity contribution in [1.82, 2.24) is 19.7 Å². The van der Waals surface area contributed by atoms with Crippen molar-refractivity contribution >= 4 is 28.6 Å². The Bertz CT molecular complexity index is 857. The molecule has 1 N–H and O–H groups in total. The molecular weight excluding hydrogens is 340 g/mol. The van der Waals surface area contributed by atoms with Crippen molar-refractivity contribution in [2.24, 2.45) is 0 Å². The lowest BCUT2D eigenvalue weighted by molar-refractivity contribution is 0.103. The van der Waals surface area contributed by atoms with E-state index in [1.807, 2.05) is 11.4 Å². The Labute approximate surface area is 148 Å². The standard InChI is InChI=1S/C16H16N6O2S/c23-16(14-2-1-7-25-14)20-12-8-19-22(10-12)15-13(9-17-11-18-15)21-3-5-24-6-4-21/h1-2,7-11H,3-6H2,(H,20,23). The Kier molecular flexibility index (Phi) is 4.40. The summed E-state index contributed by atoms with van der Waals surface area (Å²) in [6, 6.07) is 3.63. The molecule has 0 unspecified atom stereocenters. The zero-order valence-corrected chi connectivity index (χ0v) is 14.1. The van der Waals surface area contributed by atoms with E-state index in [-0.39, 0.29) is 5.91 Å². The van der Waals surface area contributed by atoms with Gasteiger partial charge in [-0.25, -0.2) is 14.6 Å². The summed E-state index contributed by atoms with van der Waals surface area (Å²) in [6.45, 7) is 2.92. The minimum Gasteiger partial charge on any atom is -0.378 e. The summed E-state index contributed by atoms with van der Waals surface area (Å²) in [5, 5.41) is 9.05. The third-order valence-electron chi connectivity index (χ3n) is 3.83. The molecular formula is C16H16N6O2S. The minimum atomic E-state index is -0.148. The molecule has 0 saturated carbocycles. The Morgan fingerprint density at radius 3 is 2.96 bits per heavy atom. The van der Waals surface area contributed by atoms with Crippen molar-refractivity contribution in [2.45, 2.75) is 0 Å². The van der Waals surface area contributed by atoms with Crippen molar-refractivity contribution < 1.29 is 9.53 Å². The number of hydrogen-bond acceptors (Lipinski definition) is 7. The van der Waals surface area contributed by atoms with Gasteiger partial charge in [-0.15, -0.1) is 11.3 Å². The first-order chi connectivity index (χ1) is 12.3. The minimum absolute atomic E-state index is 0.148. The van der Waals surface area contributed by atoms with Gasteiger partial charge in [0.15, 0.2) is 5.82 Å². The second kappa shape index (κ2) is 6.99. The van der Waals surface area contributed by atoms with Crippen molar-refractivity contribution in [3.8, 4) is 5.82 Å². The summed E-state index contributed by atoms with van der Waals surface area (Å²) in [6.07, 6.45) is 6.62. The number of ether oxygens (including phenoxy) is 1. The monoisotopic (exact) mass is 356 g/mol. The third-order valence-corrected chi connectivity index (χ3v) is 4.70. The van der Waals surface area contributed by atoms with E-state index in [0.29, 0.717) is 29.6 Å². The van der Waals surface area contributed by atoms with Gasteiger partial charge in [0.1, 0.15) is 12.0 Å². The van der Waals surface area contributed by atoms with Crippen molar-refractivity contribution in [3.63, 3.8) is 0 Å². The van der Waals surface area contributed by atoms with Gasteiger partial charge >= 0.3 is 0 Å². The summed E-state index contributed by atoms with van der Waals surface area (Å²) in [4.78, 5) is 23.5. The van der Waals surface area contributed by atoms with E-state index in [1.54, 1.807) is 29.3 Å². The number of amides is 1. The molecule has 0 spiro atoms. The molecule has 9 heteroatoms. The average Bonchev–Trinajstić information content (AvgIpc) is 3.34. The summed E-state index contributed by atoms with van der Waals surface area (Å²) in [7, 11) is 0. The van der Waals surface area contributed by atoms with Gasteiger partial charge in [0, 0.05) is 13.1 Å². The smallest absolute Gasteiger partial charge is 0.265 e. The van der Waals surface area contributed by atoms with Crippen LogP contribution in [0.25, 0.3) is 5.82 Å². The van der Waals surface area contributed by atoms with E-state index in [4.69, 9.17) is 4.74 Å². The van der Waals surface area contributed by atoms with E-state index in [1.165, 1.54) is 17.7 Å². The first-order valence-electron chi connectivity index (χ1n) is 7.84. The molecule has 0 atom stereocenters. The van der Waals surface area contributed by atoms with Crippen molar-refractivity contribution in [3.05, 3.63) is 47.3 Å². The lowest BCUT2D eigenvalue weighted by Crippen LogP contribution is -2.37. The van der Waals surface area contributed by atoms with Crippen molar-refractivity contribution in [1.29, 1.82) is 0 Å². The molecule has 0 aromatic carbocycles. The first-order valence-corrected chi connectivity index (χ1v) is 8.72. The number of anilines is 2. The average molecular weight is 356 g/mol. The van der Waals surface area contributed by atoms with Gasteiger partial charge in [-0.1, -0.05) is 6.07 Å². The predicted octanol–water partition coefficient (Wildman–Crippen LogP) is 1.81. The molecule has 25 heavy (non-hydrogen) atoms. The second-order valence-electron chi connectivity index (χ2n) is 5.44. The number of aromatic nitrogens is 4. The molecule has 3 aromatic heterocycles. The van der Waals surface area contributed by atoms with Gasteiger partial charge in [-0.2, -0.15) is 5.10 Å². The number of nitrogens with one attached hydrogen (secondary N) is 1. The number of hydrogen-bond donors (Lipinski definition) is 1. The zero-order valence-electron chi connectivity index (χ0n) is 13.3. The maximum atomic E-state index is 12.1. The van der Waals surface area contributed by atoms with E-state index in [9.17, 15) is 4.79 Å². The maximum absolute atomic E-state index is 12.1. The summed E-state index contributed by atoms with van der Waals surface area (Å²) >= 11 is 1.40. The molecule has 128 valence electrons. The number of thiophene rings is 1. The number of carbonyl (C=O) groups excluding carboxylic acids is 1. The molecule has 4 rings (SSSR count). The Hall–Kier alpha value is -2.78.